The second-order valence-electron chi connectivity index (χ2n) is 4.52. The Morgan fingerprint density at radius 3 is 3.16 bits per heavy atom. The largest absolute Gasteiger partial charge is 0.351 e. The minimum Gasteiger partial charge on any atom is -0.351 e. The number of nitrogens with one attached hydrogen (secondary N) is 2. The summed E-state index contributed by atoms with van der Waals surface area (Å²) in [6, 6.07) is 6.54. The van der Waals surface area contributed by atoms with Gasteiger partial charge in [0, 0.05) is 18.4 Å². The highest BCUT2D eigenvalue weighted by Gasteiger charge is 2.07. The molecule has 0 spiro atoms. The van der Waals surface area contributed by atoms with E-state index in [9.17, 15) is 4.39 Å². The normalized spacial score (nSPS) is 12.7. The Balaban J connectivity index is 1.74. The number of imidazole rings is 1. The second-order valence-corrected chi connectivity index (χ2v) is 4.52. The summed E-state index contributed by atoms with van der Waals surface area (Å²) >= 11 is 0. The highest BCUT2D eigenvalue weighted by molar-refractivity contribution is 5.77. The van der Waals surface area contributed by atoms with E-state index < -0.39 is 0 Å². The molecule has 2 N–H and O–H groups in total. The van der Waals surface area contributed by atoms with Crippen LogP contribution in [0.1, 0.15) is 6.92 Å². The van der Waals surface area contributed by atoms with E-state index in [0.717, 1.165) is 12.1 Å². The number of anilines is 1. The summed E-state index contributed by atoms with van der Waals surface area (Å²) in [5.41, 5.74) is 1.43. The van der Waals surface area contributed by atoms with Crippen molar-refractivity contribution in [1.82, 2.24) is 19.7 Å². The molecule has 0 aliphatic carbocycles. The van der Waals surface area contributed by atoms with E-state index in [2.05, 4.69) is 20.4 Å². The lowest BCUT2D eigenvalue weighted by Gasteiger charge is -2.12. The first kappa shape index (κ1) is 11.7. The number of halogens is 1. The third-order valence-electron chi connectivity index (χ3n) is 2.85. The van der Waals surface area contributed by atoms with Crippen LogP contribution in [0.5, 0.6) is 0 Å². The maximum Gasteiger partial charge on any atom is 0.201 e. The first-order valence-electron chi connectivity index (χ1n) is 6.10. The maximum atomic E-state index is 13.1. The summed E-state index contributed by atoms with van der Waals surface area (Å²) < 4.78 is 14.9. The minimum absolute atomic E-state index is 0.158. The van der Waals surface area contributed by atoms with Crippen LogP contribution < -0.4 is 5.32 Å². The average molecular weight is 259 g/mol. The molecule has 2 heterocycles. The van der Waals surface area contributed by atoms with E-state index in [4.69, 9.17) is 0 Å². The van der Waals surface area contributed by atoms with E-state index in [1.807, 2.05) is 23.9 Å². The molecule has 1 aromatic carbocycles. The van der Waals surface area contributed by atoms with Crippen molar-refractivity contribution in [1.29, 1.82) is 0 Å². The van der Waals surface area contributed by atoms with Crippen LogP contribution in [0.4, 0.5) is 10.3 Å². The molecule has 0 bridgehead atoms. The number of fused-ring (bicyclic) bond motifs is 1. The van der Waals surface area contributed by atoms with Crippen LogP contribution in [-0.2, 0) is 6.54 Å². The molecule has 1 atom stereocenters. The van der Waals surface area contributed by atoms with Crippen molar-refractivity contribution in [3.05, 3.63) is 42.5 Å². The maximum absolute atomic E-state index is 13.1. The van der Waals surface area contributed by atoms with Gasteiger partial charge in [-0.3, -0.25) is 4.68 Å². The highest BCUT2D eigenvalue weighted by Crippen LogP contribution is 2.16. The van der Waals surface area contributed by atoms with Crippen molar-refractivity contribution in [2.75, 3.05) is 5.32 Å². The monoisotopic (exact) mass is 259 g/mol. The summed E-state index contributed by atoms with van der Waals surface area (Å²) in [6.45, 7) is 2.77. The lowest BCUT2D eigenvalue weighted by molar-refractivity contribution is 0.559. The fourth-order valence-corrected chi connectivity index (χ4v) is 2.02. The zero-order valence-electron chi connectivity index (χ0n) is 10.5. The second kappa shape index (κ2) is 4.72. The number of benzene rings is 1. The van der Waals surface area contributed by atoms with Gasteiger partial charge in [-0.2, -0.15) is 5.10 Å². The van der Waals surface area contributed by atoms with Gasteiger partial charge >= 0.3 is 0 Å². The van der Waals surface area contributed by atoms with Gasteiger partial charge in [0.25, 0.3) is 0 Å². The molecule has 5 nitrogen and oxygen atoms in total. The van der Waals surface area contributed by atoms with Crippen molar-refractivity contribution in [3.8, 4) is 0 Å². The molecule has 0 aliphatic heterocycles. The molecule has 0 radical (unpaired) electrons. The van der Waals surface area contributed by atoms with E-state index >= 15 is 0 Å². The molecule has 1 unspecified atom stereocenters. The molecule has 0 saturated carbocycles. The molecule has 3 rings (SSSR count). The van der Waals surface area contributed by atoms with Crippen molar-refractivity contribution in [3.63, 3.8) is 0 Å². The predicted molar refractivity (Wildman–Crippen MR) is 71.4 cm³/mol. The smallest absolute Gasteiger partial charge is 0.201 e. The van der Waals surface area contributed by atoms with Crippen molar-refractivity contribution >= 4 is 17.0 Å². The van der Waals surface area contributed by atoms with Crippen LogP contribution in [0, 0.1) is 5.82 Å². The Bertz CT molecular complexity index is 673. The van der Waals surface area contributed by atoms with Gasteiger partial charge in [-0.05, 0) is 31.2 Å². The average Bonchev–Trinajstić information content (AvgIpc) is 2.97. The minimum atomic E-state index is -0.271. The number of rotatable bonds is 4. The van der Waals surface area contributed by atoms with Gasteiger partial charge in [0.15, 0.2) is 0 Å². The first-order valence-corrected chi connectivity index (χ1v) is 6.10. The number of H-pyrrole nitrogens is 1. The number of nitrogens with zero attached hydrogens (tertiary/aromatic N) is 3. The molecule has 3 aromatic rings. The van der Waals surface area contributed by atoms with Crippen molar-refractivity contribution in [2.24, 2.45) is 0 Å². The van der Waals surface area contributed by atoms with E-state index in [0.29, 0.717) is 11.5 Å². The third kappa shape index (κ3) is 2.57. The lowest BCUT2D eigenvalue weighted by atomic mass is 10.3. The van der Waals surface area contributed by atoms with Crippen molar-refractivity contribution in [2.45, 2.75) is 19.5 Å². The summed E-state index contributed by atoms with van der Waals surface area (Å²) in [5.74, 6) is 0.368. The Morgan fingerprint density at radius 1 is 1.47 bits per heavy atom. The highest BCUT2D eigenvalue weighted by atomic mass is 19.1. The van der Waals surface area contributed by atoms with Gasteiger partial charge in [0.2, 0.25) is 5.95 Å². The van der Waals surface area contributed by atoms with E-state index in [-0.39, 0.29) is 11.9 Å². The molecule has 0 aliphatic rings. The van der Waals surface area contributed by atoms with Crippen molar-refractivity contribution < 1.29 is 4.39 Å². The van der Waals surface area contributed by atoms with Gasteiger partial charge in [-0.25, -0.2) is 9.37 Å². The number of aromatic amines is 1. The summed E-state index contributed by atoms with van der Waals surface area (Å²) in [7, 11) is 0. The zero-order valence-corrected chi connectivity index (χ0v) is 10.5. The zero-order chi connectivity index (χ0) is 13.2. The lowest BCUT2D eigenvalue weighted by Crippen LogP contribution is -2.22. The Kier molecular flexibility index (Phi) is 2.91. The standard InChI is InChI=1S/C13H14FN5/c1-9(8-19-6-2-5-15-19)16-13-17-11-4-3-10(14)7-12(11)18-13/h2-7,9H,8H2,1H3,(H2,16,17,18). The molecular formula is C13H14FN5. The molecule has 19 heavy (non-hydrogen) atoms. The molecule has 0 saturated heterocycles. The molecule has 2 aromatic heterocycles. The van der Waals surface area contributed by atoms with Gasteiger partial charge < -0.3 is 10.3 Å². The quantitative estimate of drug-likeness (QED) is 0.756. The van der Waals surface area contributed by atoms with Gasteiger partial charge in [-0.1, -0.05) is 0 Å². The van der Waals surface area contributed by atoms with Crippen LogP contribution in [0.25, 0.3) is 11.0 Å². The Labute approximate surface area is 109 Å². The molecule has 98 valence electrons. The molecule has 0 fully saturated rings. The number of aromatic nitrogens is 4. The Hall–Kier alpha value is -2.37. The van der Waals surface area contributed by atoms with Gasteiger partial charge in [0.05, 0.1) is 17.6 Å². The van der Waals surface area contributed by atoms with E-state index in [1.165, 1.54) is 12.1 Å². The van der Waals surface area contributed by atoms with Gasteiger partial charge in [-0.15, -0.1) is 0 Å². The summed E-state index contributed by atoms with van der Waals surface area (Å²) in [6.07, 6.45) is 3.66. The van der Waals surface area contributed by atoms with Crippen LogP contribution in [0.15, 0.2) is 36.7 Å². The molecule has 0 amide bonds. The fourth-order valence-electron chi connectivity index (χ4n) is 2.02. The fraction of sp³-hybridized carbons (Fsp3) is 0.231. The van der Waals surface area contributed by atoms with E-state index in [1.54, 1.807) is 12.3 Å². The number of hydrogen-bond donors (Lipinski definition) is 2. The van der Waals surface area contributed by atoms with Crippen LogP contribution >= 0.6 is 0 Å². The van der Waals surface area contributed by atoms with Gasteiger partial charge in [0.1, 0.15) is 5.82 Å². The summed E-state index contributed by atoms with van der Waals surface area (Å²) in [5, 5.41) is 7.39. The van der Waals surface area contributed by atoms with Crippen LogP contribution in [0.2, 0.25) is 0 Å². The topological polar surface area (TPSA) is 58.5 Å². The summed E-state index contributed by atoms with van der Waals surface area (Å²) in [4.78, 5) is 7.42. The third-order valence-corrected chi connectivity index (χ3v) is 2.85. The molecule has 6 heteroatoms. The molecular weight excluding hydrogens is 245 g/mol. The SMILES string of the molecule is CC(Cn1cccn1)Nc1nc2ccc(F)cc2[nH]1. The number of hydrogen-bond acceptors (Lipinski definition) is 3. The van der Waals surface area contributed by atoms with Crippen LogP contribution in [-0.4, -0.2) is 25.8 Å². The predicted octanol–water partition coefficient (Wildman–Crippen LogP) is 2.40. The van der Waals surface area contributed by atoms with Crippen LogP contribution in [0.3, 0.4) is 0 Å². The first-order chi connectivity index (χ1) is 9.20. The Morgan fingerprint density at radius 2 is 2.37 bits per heavy atom.